The summed E-state index contributed by atoms with van der Waals surface area (Å²) in [6.07, 6.45) is 6.06. The summed E-state index contributed by atoms with van der Waals surface area (Å²) in [5, 5.41) is 0. The monoisotopic (exact) mass is 366 g/mol. The zero-order valence-corrected chi connectivity index (χ0v) is 16.0. The minimum absolute atomic E-state index is 0.210. The van der Waals surface area contributed by atoms with E-state index in [1.54, 1.807) is 0 Å². The molecule has 3 saturated heterocycles. The third kappa shape index (κ3) is 5.93. The molecule has 7 heteroatoms. The maximum absolute atomic E-state index is 12.6. The highest BCUT2D eigenvalue weighted by Gasteiger charge is 2.25. The van der Waals surface area contributed by atoms with Crippen LogP contribution in [0.5, 0.6) is 0 Å². The third-order valence-electron chi connectivity index (χ3n) is 5.76. The number of likely N-dealkylation sites (tertiary alicyclic amines) is 1. The Morgan fingerprint density at radius 3 is 1.62 bits per heavy atom. The number of carbonyl (C=O) groups is 2. The van der Waals surface area contributed by atoms with Gasteiger partial charge in [-0.1, -0.05) is 19.3 Å². The van der Waals surface area contributed by atoms with Crippen LogP contribution in [0.25, 0.3) is 0 Å². The van der Waals surface area contributed by atoms with E-state index in [4.69, 9.17) is 4.74 Å². The Kier molecular flexibility index (Phi) is 7.70. The van der Waals surface area contributed by atoms with Gasteiger partial charge in [0.2, 0.25) is 11.8 Å². The summed E-state index contributed by atoms with van der Waals surface area (Å²) in [4.78, 5) is 33.4. The van der Waals surface area contributed by atoms with Crippen LogP contribution in [0.2, 0.25) is 0 Å². The topological polar surface area (TPSA) is 56.3 Å². The quantitative estimate of drug-likeness (QED) is 0.714. The normalized spacial score (nSPS) is 24.2. The van der Waals surface area contributed by atoms with Crippen molar-refractivity contribution in [3.63, 3.8) is 0 Å². The third-order valence-corrected chi connectivity index (χ3v) is 5.76. The highest BCUT2D eigenvalue weighted by molar-refractivity contribution is 5.79. The summed E-state index contributed by atoms with van der Waals surface area (Å²) in [6.45, 7) is 9.02. The van der Waals surface area contributed by atoms with E-state index in [0.29, 0.717) is 13.1 Å². The van der Waals surface area contributed by atoms with E-state index in [1.807, 2.05) is 4.90 Å². The first-order chi connectivity index (χ1) is 12.7. The van der Waals surface area contributed by atoms with Crippen LogP contribution in [-0.2, 0) is 14.3 Å². The smallest absolute Gasteiger partial charge is 0.236 e. The van der Waals surface area contributed by atoms with E-state index in [2.05, 4.69) is 14.7 Å². The largest absolute Gasteiger partial charge is 0.379 e. The lowest BCUT2D eigenvalue weighted by Gasteiger charge is -2.37. The van der Waals surface area contributed by atoms with E-state index < -0.39 is 0 Å². The molecular weight excluding hydrogens is 332 g/mol. The summed E-state index contributed by atoms with van der Waals surface area (Å²) in [6, 6.07) is 0. The first-order valence-electron chi connectivity index (χ1n) is 10.3. The van der Waals surface area contributed by atoms with E-state index in [9.17, 15) is 9.59 Å². The van der Waals surface area contributed by atoms with E-state index in [-0.39, 0.29) is 11.8 Å². The van der Waals surface area contributed by atoms with Crippen LogP contribution in [0, 0.1) is 0 Å². The maximum atomic E-state index is 12.6. The summed E-state index contributed by atoms with van der Waals surface area (Å²) in [5.74, 6) is 0.474. The minimum Gasteiger partial charge on any atom is -0.379 e. The molecule has 26 heavy (non-hydrogen) atoms. The molecule has 0 atom stereocenters. The SMILES string of the molecule is O=C(CN1CCN(C(=O)CN2CCOCC2)CC1)N1CCCCCCC1. The molecule has 3 fully saturated rings. The lowest BCUT2D eigenvalue weighted by atomic mass is 10.1. The fraction of sp³-hybridized carbons (Fsp3) is 0.895. The molecule has 3 aliphatic rings. The summed E-state index contributed by atoms with van der Waals surface area (Å²) in [5.41, 5.74) is 0. The average Bonchev–Trinajstić information content (AvgIpc) is 2.62. The molecule has 7 nitrogen and oxygen atoms in total. The van der Waals surface area contributed by atoms with Gasteiger partial charge in [0.1, 0.15) is 0 Å². The van der Waals surface area contributed by atoms with E-state index in [0.717, 1.165) is 78.4 Å². The number of ether oxygens (including phenoxy) is 1. The van der Waals surface area contributed by atoms with Gasteiger partial charge in [0.05, 0.1) is 26.3 Å². The first kappa shape index (κ1) is 19.6. The van der Waals surface area contributed by atoms with Crippen LogP contribution in [0.3, 0.4) is 0 Å². The first-order valence-corrected chi connectivity index (χ1v) is 10.3. The van der Waals surface area contributed by atoms with Crippen molar-refractivity contribution in [1.82, 2.24) is 19.6 Å². The molecule has 0 saturated carbocycles. The van der Waals surface area contributed by atoms with Crippen LogP contribution < -0.4 is 0 Å². The van der Waals surface area contributed by atoms with Gasteiger partial charge in [0.25, 0.3) is 0 Å². The number of nitrogens with zero attached hydrogens (tertiary/aromatic N) is 4. The van der Waals surface area contributed by atoms with Crippen molar-refractivity contribution < 1.29 is 14.3 Å². The molecule has 148 valence electrons. The Bertz CT molecular complexity index is 452. The van der Waals surface area contributed by atoms with Crippen molar-refractivity contribution in [2.24, 2.45) is 0 Å². The van der Waals surface area contributed by atoms with Gasteiger partial charge < -0.3 is 14.5 Å². The van der Waals surface area contributed by atoms with Gasteiger partial charge in [-0.15, -0.1) is 0 Å². The number of rotatable bonds is 4. The Balaban J connectivity index is 1.37. The molecule has 0 spiro atoms. The van der Waals surface area contributed by atoms with Crippen LogP contribution in [0.4, 0.5) is 0 Å². The molecular formula is C19H34N4O3. The second kappa shape index (κ2) is 10.2. The molecule has 2 amide bonds. The zero-order valence-electron chi connectivity index (χ0n) is 16.0. The molecule has 3 rings (SSSR count). The number of amides is 2. The fourth-order valence-corrected chi connectivity index (χ4v) is 3.99. The van der Waals surface area contributed by atoms with Crippen molar-refractivity contribution >= 4 is 11.8 Å². The Labute approximate surface area is 157 Å². The van der Waals surface area contributed by atoms with Gasteiger partial charge in [-0.2, -0.15) is 0 Å². The Morgan fingerprint density at radius 1 is 0.577 bits per heavy atom. The minimum atomic E-state index is 0.210. The molecule has 0 unspecified atom stereocenters. The molecule has 0 radical (unpaired) electrons. The summed E-state index contributed by atoms with van der Waals surface area (Å²) in [7, 11) is 0. The van der Waals surface area contributed by atoms with E-state index in [1.165, 1.54) is 19.3 Å². The number of morpholine rings is 1. The zero-order chi connectivity index (χ0) is 18.2. The second-order valence-corrected chi connectivity index (χ2v) is 7.69. The van der Waals surface area contributed by atoms with Crippen molar-refractivity contribution in [1.29, 1.82) is 0 Å². The molecule has 3 aliphatic heterocycles. The van der Waals surface area contributed by atoms with Gasteiger partial charge in [-0.05, 0) is 12.8 Å². The highest BCUT2D eigenvalue weighted by atomic mass is 16.5. The maximum Gasteiger partial charge on any atom is 0.236 e. The predicted molar refractivity (Wildman–Crippen MR) is 99.9 cm³/mol. The standard InChI is InChI=1S/C19H34N4O3/c24-18(22-6-4-2-1-3-5-7-22)16-20-8-10-23(11-9-20)19(25)17-21-12-14-26-15-13-21/h1-17H2. The van der Waals surface area contributed by atoms with Gasteiger partial charge in [-0.3, -0.25) is 19.4 Å². The molecule has 3 heterocycles. The molecule has 0 bridgehead atoms. The number of piperazine rings is 1. The number of hydrogen-bond donors (Lipinski definition) is 0. The lowest BCUT2D eigenvalue weighted by Crippen LogP contribution is -2.54. The van der Waals surface area contributed by atoms with Crippen LogP contribution in [0.15, 0.2) is 0 Å². The molecule has 0 aromatic rings. The Hall–Kier alpha value is -1.18. The van der Waals surface area contributed by atoms with Gasteiger partial charge in [-0.25, -0.2) is 0 Å². The number of hydrogen-bond acceptors (Lipinski definition) is 5. The summed E-state index contributed by atoms with van der Waals surface area (Å²) < 4.78 is 5.33. The van der Waals surface area contributed by atoms with Crippen molar-refractivity contribution in [2.75, 3.05) is 78.7 Å². The highest BCUT2D eigenvalue weighted by Crippen LogP contribution is 2.11. The van der Waals surface area contributed by atoms with E-state index >= 15 is 0 Å². The summed E-state index contributed by atoms with van der Waals surface area (Å²) >= 11 is 0. The fourth-order valence-electron chi connectivity index (χ4n) is 3.99. The van der Waals surface area contributed by atoms with Crippen molar-refractivity contribution in [3.8, 4) is 0 Å². The molecule has 0 N–H and O–H groups in total. The Morgan fingerprint density at radius 2 is 1.04 bits per heavy atom. The molecule has 0 aliphatic carbocycles. The van der Waals surface area contributed by atoms with Crippen LogP contribution >= 0.6 is 0 Å². The molecule has 0 aromatic heterocycles. The second-order valence-electron chi connectivity index (χ2n) is 7.69. The van der Waals surface area contributed by atoms with Crippen LogP contribution in [-0.4, -0.2) is 110 Å². The van der Waals surface area contributed by atoms with Crippen molar-refractivity contribution in [3.05, 3.63) is 0 Å². The van der Waals surface area contributed by atoms with Crippen LogP contribution in [0.1, 0.15) is 32.1 Å². The van der Waals surface area contributed by atoms with Gasteiger partial charge >= 0.3 is 0 Å². The predicted octanol–water partition coefficient (Wildman–Crippen LogP) is 0.256. The molecule has 0 aromatic carbocycles. The van der Waals surface area contributed by atoms with Gasteiger partial charge in [0, 0.05) is 52.4 Å². The number of carbonyl (C=O) groups excluding carboxylic acids is 2. The van der Waals surface area contributed by atoms with Crippen molar-refractivity contribution in [2.45, 2.75) is 32.1 Å². The lowest BCUT2D eigenvalue weighted by molar-refractivity contribution is -0.136. The average molecular weight is 367 g/mol. The van der Waals surface area contributed by atoms with Gasteiger partial charge in [0.15, 0.2) is 0 Å².